The number of anilines is 1. The smallest absolute Gasteiger partial charge is 0.253 e. The maximum Gasteiger partial charge on any atom is 0.253 e. The van der Waals surface area contributed by atoms with Gasteiger partial charge in [0.05, 0.1) is 11.6 Å². The summed E-state index contributed by atoms with van der Waals surface area (Å²) in [6.45, 7) is 6.36. The van der Waals surface area contributed by atoms with Gasteiger partial charge in [0.2, 0.25) is 0 Å². The van der Waals surface area contributed by atoms with Crippen molar-refractivity contribution in [2.45, 2.75) is 39.3 Å². The number of aromatic nitrogens is 4. The molecular weight excluding hydrogens is 313 g/mol. The van der Waals surface area contributed by atoms with E-state index in [0.717, 1.165) is 6.42 Å². The second kappa shape index (κ2) is 6.64. The van der Waals surface area contributed by atoms with Crippen LogP contribution in [0.15, 0.2) is 18.2 Å². The molecule has 8 heteroatoms. The predicted octanol–water partition coefficient (Wildman–Crippen LogP) is 2.42. The number of rotatable bonds is 4. The van der Waals surface area contributed by atoms with Crippen LogP contribution in [0.5, 0.6) is 0 Å². The van der Waals surface area contributed by atoms with Crippen LogP contribution in [0, 0.1) is 11.7 Å². The quantitative estimate of drug-likeness (QED) is 0.929. The molecule has 0 bridgehead atoms. The molecule has 0 unspecified atom stereocenters. The normalized spacial score (nSPS) is 20.5. The van der Waals surface area contributed by atoms with Crippen molar-refractivity contribution in [3.63, 3.8) is 0 Å². The lowest BCUT2D eigenvalue weighted by molar-refractivity contribution is -0.126. The Kier molecular flexibility index (Phi) is 4.57. The molecule has 0 spiro atoms. The lowest BCUT2D eigenvalue weighted by Crippen LogP contribution is -2.31. The molecule has 1 aliphatic rings. The third-order valence-corrected chi connectivity index (χ3v) is 4.11. The van der Waals surface area contributed by atoms with Crippen molar-refractivity contribution in [2.24, 2.45) is 5.92 Å². The molecule has 1 aliphatic heterocycles. The zero-order valence-electron chi connectivity index (χ0n) is 13.9. The number of carbonyl (C=O) groups is 1. The van der Waals surface area contributed by atoms with Crippen molar-refractivity contribution in [1.29, 1.82) is 0 Å². The molecule has 128 valence electrons. The van der Waals surface area contributed by atoms with E-state index in [1.165, 1.54) is 6.07 Å². The Morgan fingerprint density at radius 1 is 1.46 bits per heavy atom. The first-order chi connectivity index (χ1) is 11.5. The maximum atomic E-state index is 14.5. The number of nitrogens with one attached hydrogen (secondary N) is 1. The van der Waals surface area contributed by atoms with Gasteiger partial charge < -0.3 is 10.1 Å². The number of nitrogens with zero attached hydrogens (tertiary/aromatic N) is 4. The molecule has 0 aliphatic carbocycles. The van der Waals surface area contributed by atoms with Crippen molar-refractivity contribution in [1.82, 2.24) is 20.2 Å². The first-order valence-corrected chi connectivity index (χ1v) is 7.97. The molecule has 2 heterocycles. The van der Waals surface area contributed by atoms with Gasteiger partial charge in [0.25, 0.3) is 5.91 Å². The maximum absolute atomic E-state index is 14.5. The first kappa shape index (κ1) is 16.5. The van der Waals surface area contributed by atoms with Crippen molar-refractivity contribution < 1.29 is 13.9 Å². The highest BCUT2D eigenvalue weighted by Crippen LogP contribution is 2.26. The van der Waals surface area contributed by atoms with E-state index >= 15 is 0 Å². The van der Waals surface area contributed by atoms with Crippen LogP contribution in [0.4, 0.5) is 10.1 Å². The fourth-order valence-electron chi connectivity index (χ4n) is 2.74. The van der Waals surface area contributed by atoms with E-state index in [9.17, 15) is 9.18 Å². The summed E-state index contributed by atoms with van der Waals surface area (Å²) in [6, 6.07) is 4.48. The SMILES string of the molecule is CC(C)n1nnnc1-c1ccc(NC(=O)[C@@H]2OCC[C@H]2C)cc1F. The second-order valence-electron chi connectivity index (χ2n) is 6.28. The van der Waals surface area contributed by atoms with Gasteiger partial charge in [0, 0.05) is 12.3 Å². The summed E-state index contributed by atoms with van der Waals surface area (Å²) >= 11 is 0. The number of tetrazole rings is 1. The third kappa shape index (κ3) is 3.14. The zero-order chi connectivity index (χ0) is 17.3. The van der Waals surface area contributed by atoms with Crippen LogP contribution in [-0.2, 0) is 9.53 Å². The van der Waals surface area contributed by atoms with E-state index in [-0.39, 0.29) is 23.4 Å². The molecule has 2 atom stereocenters. The van der Waals surface area contributed by atoms with Crippen molar-refractivity contribution in [2.75, 3.05) is 11.9 Å². The molecular formula is C16H20FN5O2. The number of carbonyl (C=O) groups excluding carboxylic acids is 1. The van der Waals surface area contributed by atoms with Crippen LogP contribution in [0.3, 0.4) is 0 Å². The summed E-state index contributed by atoms with van der Waals surface area (Å²) < 4.78 is 21.4. The largest absolute Gasteiger partial charge is 0.368 e. The van der Waals surface area contributed by atoms with Gasteiger partial charge in [-0.25, -0.2) is 9.07 Å². The average Bonchev–Trinajstić information content (AvgIpc) is 3.16. The topological polar surface area (TPSA) is 81.9 Å². The van der Waals surface area contributed by atoms with Crippen LogP contribution in [0.2, 0.25) is 0 Å². The highest BCUT2D eigenvalue weighted by Gasteiger charge is 2.31. The van der Waals surface area contributed by atoms with Crippen LogP contribution in [-0.4, -0.2) is 38.8 Å². The van der Waals surface area contributed by atoms with Crippen molar-refractivity contribution in [3.8, 4) is 11.4 Å². The molecule has 0 saturated carbocycles. The summed E-state index contributed by atoms with van der Waals surface area (Å²) in [5.74, 6) is -0.234. The Bertz CT molecular complexity index is 746. The average molecular weight is 333 g/mol. The van der Waals surface area contributed by atoms with E-state index < -0.39 is 11.9 Å². The van der Waals surface area contributed by atoms with E-state index in [4.69, 9.17) is 4.74 Å². The molecule has 2 aromatic rings. The molecule has 1 saturated heterocycles. The number of amides is 1. The van der Waals surface area contributed by atoms with Gasteiger partial charge in [-0.2, -0.15) is 0 Å². The van der Waals surface area contributed by atoms with Crippen molar-refractivity contribution >= 4 is 11.6 Å². The Labute approximate surface area is 139 Å². The van der Waals surface area contributed by atoms with Gasteiger partial charge in [-0.15, -0.1) is 5.10 Å². The molecule has 1 aromatic heterocycles. The molecule has 7 nitrogen and oxygen atoms in total. The van der Waals surface area contributed by atoms with Crippen LogP contribution in [0.25, 0.3) is 11.4 Å². The van der Waals surface area contributed by atoms with Gasteiger partial charge >= 0.3 is 0 Å². The van der Waals surface area contributed by atoms with Gasteiger partial charge in [-0.05, 0) is 54.8 Å². The minimum atomic E-state index is -0.495. The summed E-state index contributed by atoms with van der Waals surface area (Å²) in [4.78, 5) is 12.2. The summed E-state index contributed by atoms with van der Waals surface area (Å²) in [5.41, 5.74) is 0.671. The zero-order valence-corrected chi connectivity index (χ0v) is 13.9. The molecule has 24 heavy (non-hydrogen) atoms. The number of benzene rings is 1. The lowest BCUT2D eigenvalue weighted by Gasteiger charge is -2.15. The monoisotopic (exact) mass is 333 g/mol. The standard InChI is InChI=1S/C16H20FN5O2/c1-9(2)22-15(19-20-21-22)12-5-4-11(8-13(12)17)18-16(23)14-10(3)6-7-24-14/h4-5,8-10,14H,6-7H2,1-3H3,(H,18,23)/t10-,14-/m1/s1. The fraction of sp³-hybridized carbons (Fsp3) is 0.500. The molecule has 1 amide bonds. The minimum Gasteiger partial charge on any atom is -0.368 e. The van der Waals surface area contributed by atoms with Gasteiger partial charge in [0.1, 0.15) is 11.9 Å². The Balaban J connectivity index is 1.80. The second-order valence-corrected chi connectivity index (χ2v) is 6.28. The predicted molar refractivity (Wildman–Crippen MR) is 85.7 cm³/mol. The number of ether oxygens (including phenoxy) is 1. The Morgan fingerprint density at radius 2 is 2.25 bits per heavy atom. The molecule has 1 aromatic carbocycles. The lowest BCUT2D eigenvalue weighted by atomic mass is 10.0. The highest BCUT2D eigenvalue weighted by molar-refractivity contribution is 5.94. The van der Waals surface area contributed by atoms with Gasteiger partial charge in [-0.1, -0.05) is 6.92 Å². The molecule has 3 rings (SSSR count). The van der Waals surface area contributed by atoms with Gasteiger partial charge in [0.15, 0.2) is 5.82 Å². The van der Waals surface area contributed by atoms with Gasteiger partial charge in [-0.3, -0.25) is 4.79 Å². The molecule has 1 N–H and O–H groups in total. The summed E-state index contributed by atoms with van der Waals surface area (Å²) in [7, 11) is 0. The van der Waals surface area contributed by atoms with Crippen molar-refractivity contribution in [3.05, 3.63) is 24.0 Å². The third-order valence-electron chi connectivity index (χ3n) is 4.11. The van der Waals surface area contributed by atoms with E-state index in [1.54, 1.807) is 16.8 Å². The van der Waals surface area contributed by atoms with Crippen LogP contribution >= 0.6 is 0 Å². The van der Waals surface area contributed by atoms with Crippen LogP contribution < -0.4 is 5.32 Å². The molecule has 0 radical (unpaired) electrons. The van der Waals surface area contributed by atoms with Crippen LogP contribution in [0.1, 0.15) is 33.2 Å². The fourth-order valence-corrected chi connectivity index (χ4v) is 2.74. The Hall–Kier alpha value is -2.35. The number of halogens is 1. The number of hydrogen-bond acceptors (Lipinski definition) is 5. The summed E-state index contributed by atoms with van der Waals surface area (Å²) in [5, 5.41) is 14.1. The highest BCUT2D eigenvalue weighted by atomic mass is 19.1. The Morgan fingerprint density at radius 3 is 2.88 bits per heavy atom. The minimum absolute atomic E-state index is 0.00906. The van der Waals surface area contributed by atoms with E-state index in [0.29, 0.717) is 18.1 Å². The summed E-state index contributed by atoms with van der Waals surface area (Å²) in [6.07, 6.45) is 0.365. The number of hydrogen-bond donors (Lipinski definition) is 1. The van der Waals surface area contributed by atoms with E-state index in [2.05, 4.69) is 20.8 Å². The van der Waals surface area contributed by atoms with E-state index in [1.807, 2.05) is 20.8 Å². The first-order valence-electron chi connectivity index (χ1n) is 7.97. The molecule has 1 fully saturated rings.